The fourth-order valence-corrected chi connectivity index (χ4v) is 1.99. The van der Waals surface area contributed by atoms with E-state index in [1.165, 1.54) is 0 Å². The standard InChI is InChI=1S/C13H18N2O2/c1-17-12-7-8-15(10-12)13(16)14-9-11-5-3-2-4-6-11/h2-6,12H,7-10H2,1H3,(H,14,16). The molecule has 1 aromatic carbocycles. The van der Waals surface area contributed by atoms with Crippen molar-refractivity contribution in [1.29, 1.82) is 0 Å². The Hall–Kier alpha value is -1.55. The second kappa shape index (κ2) is 5.68. The third-order valence-corrected chi connectivity index (χ3v) is 3.05. The van der Waals surface area contributed by atoms with Crippen LogP contribution in [0.2, 0.25) is 0 Å². The van der Waals surface area contributed by atoms with Crippen molar-refractivity contribution in [3.05, 3.63) is 35.9 Å². The average molecular weight is 234 g/mol. The molecule has 0 aliphatic carbocycles. The molecule has 1 aliphatic heterocycles. The number of likely N-dealkylation sites (tertiary alicyclic amines) is 1. The van der Waals surface area contributed by atoms with Gasteiger partial charge in [-0.1, -0.05) is 30.3 Å². The van der Waals surface area contributed by atoms with Gasteiger partial charge in [0.15, 0.2) is 0 Å². The van der Waals surface area contributed by atoms with E-state index >= 15 is 0 Å². The number of carbonyl (C=O) groups is 1. The lowest BCUT2D eigenvalue weighted by molar-refractivity contribution is 0.110. The zero-order valence-corrected chi connectivity index (χ0v) is 10.1. The summed E-state index contributed by atoms with van der Waals surface area (Å²) in [5.41, 5.74) is 1.11. The summed E-state index contributed by atoms with van der Waals surface area (Å²) < 4.78 is 5.23. The Morgan fingerprint density at radius 2 is 2.24 bits per heavy atom. The number of urea groups is 1. The molecule has 4 nitrogen and oxygen atoms in total. The van der Waals surface area contributed by atoms with Crippen molar-refractivity contribution in [2.45, 2.75) is 19.1 Å². The SMILES string of the molecule is COC1CCN(C(=O)NCc2ccccc2)C1. The van der Waals surface area contributed by atoms with E-state index in [-0.39, 0.29) is 12.1 Å². The fraction of sp³-hybridized carbons (Fsp3) is 0.462. The molecule has 1 aliphatic rings. The monoisotopic (exact) mass is 234 g/mol. The minimum absolute atomic E-state index is 0.00611. The number of amides is 2. The molecule has 1 unspecified atom stereocenters. The highest BCUT2D eigenvalue weighted by molar-refractivity contribution is 5.74. The van der Waals surface area contributed by atoms with Gasteiger partial charge in [0, 0.05) is 26.7 Å². The zero-order chi connectivity index (χ0) is 12.1. The molecule has 0 radical (unpaired) electrons. The number of rotatable bonds is 3. The minimum atomic E-state index is -0.00611. The molecule has 0 spiro atoms. The van der Waals surface area contributed by atoms with E-state index in [4.69, 9.17) is 4.74 Å². The van der Waals surface area contributed by atoms with Gasteiger partial charge in [-0.2, -0.15) is 0 Å². The molecule has 0 saturated carbocycles. The van der Waals surface area contributed by atoms with Crippen LogP contribution in [0.5, 0.6) is 0 Å². The first-order valence-corrected chi connectivity index (χ1v) is 5.89. The summed E-state index contributed by atoms with van der Waals surface area (Å²) in [5.74, 6) is 0. The molecular formula is C13H18N2O2. The first-order valence-electron chi connectivity index (χ1n) is 5.89. The van der Waals surface area contributed by atoms with Gasteiger partial charge in [0.05, 0.1) is 6.10 Å². The molecule has 0 aromatic heterocycles. The summed E-state index contributed by atoms with van der Waals surface area (Å²) >= 11 is 0. The van der Waals surface area contributed by atoms with Gasteiger partial charge in [-0.3, -0.25) is 0 Å². The number of nitrogens with zero attached hydrogens (tertiary/aromatic N) is 1. The summed E-state index contributed by atoms with van der Waals surface area (Å²) in [6.45, 7) is 2.05. The third-order valence-electron chi connectivity index (χ3n) is 3.05. The fourth-order valence-electron chi connectivity index (χ4n) is 1.99. The molecule has 1 atom stereocenters. The smallest absolute Gasteiger partial charge is 0.317 e. The number of ether oxygens (including phenoxy) is 1. The zero-order valence-electron chi connectivity index (χ0n) is 10.1. The normalized spacial score (nSPS) is 19.4. The van der Waals surface area contributed by atoms with Gasteiger partial charge in [0.25, 0.3) is 0 Å². The van der Waals surface area contributed by atoms with Crippen molar-refractivity contribution in [3.8, 4) is 0 Å². The number of nitrogens with one attached hydrogen (secondary N) is 1. The van der Waals surface area contributed by atoms with E-state index in [1.807, 2.05) is 30.3 Å². The Bertz CT molecular complexity index is 367. The van der Waals surface area contributed by atoms with Crippen molar-refractivity contribution in [2.75, 3.05) is 20.2 Å². The van der Waals surface area contributed by atoms with E-state index in [0.717, 1.165) is 18.5 Å². The highest BCUT2D eigenvalue weighted by Gasteiger charge is 2.25. The second-order valence-electron chi connectivity index (χ2n) is 4.24. The predicted octanol–water partition coefficient (Wildman–Crippen LogP) is 1.62. The first-order chi connectivity index (χ1) is 8.29. The maximum atomic E-state index is 11.8. The molecular weight excluding hydrogens is 216 g/mol. The number of hydrogen-bond donors (Lipinski definition) is 1. The van der Waals surface area contributed by atoms with Gasteiger partial charge in [0.2, 0.25) is 0 Å². The van der Waals surface area contributed by atoms with Crippen LogP contribution >= 0.6 is 0 Å². The van der Waals surface area contributed by atoms with Crippen LogP contribution in [0.1, 0.15) is 12.0 Å². The maximum Gasteiger partial charge on any atom is 0.317 e. The Morgan fingerprint density at radius 3 is 2.88 bits per heavy atom. The van der Waals surface area contributed by atoms with E-state index < -0.39 is 0 Å². The molecule has 1 aromatic rings. The Kier molecular flexibility index (Phi) is 3.98. The van der Waals surface area contributed by atoms with Crippen LogP contribution in [0.25, 0.3) is 0 Å². The van der Waals surface area contributed by atoms with Crippen molar-refractivity contribution < 1.29 is 9.53 Å². The van der Waals surface area contributed by atoms with Crippen LogP contribution in [0.4, 0.5) is 4.79 Å². The highest BCUT2D eigenvalue weighted by atomic mass is 16.5. The van der Waals surface area contributed by atoms with Crippen molar-refractivity contribution >= 4 is 6.03 Å². The van der Waals surface area contributed by atoms with Gasteiger partial charge in [-0.25, -0.2) is 4.79 Å². The summed E-state index contributed by atoms with van der Waals surface area (Å²) in [6.07, 6.45) is 1.12. The van der Waals surface area contributed by atoms with E-state index in [9.17, 15) is 4.79 Å². The Morgan fingerprint density at radius 1 is 1.47 bits per heavy atom. The van der Waals surface area contributed by atoms with Crippen LogP contribution < -0.4 is 5.32 Å². The molecule has 0 bridgehead atoms. The molecule has 4 heteroatoms. The van der Waals surface area contributed by atoms with Crippen molar-refractivity contribution in [1.82, 2.24) is 10.2 Å². The summed E-state index contributed by atoms with van der Waals surface area (Å²) in [6, 6.07) is 9.91. The highest BCUT2D eigenvalue weighted by Crippen LogP contribution is 2.11. The minimum Gasteiger partial charge on any atom is -0.380 e. The van der Waals surface area contributed by atoms with Crippen molar-refractivity contribution in [2.24, 2.45) is 0 Å². The lowest BCUT2D eigenvalue weighted by Crippen LogP contribution is -2.38. The number of hydrogen-bond acceptors (Lipinski definition) is 2. The average Bonchev–Trinajstić information content (AvgIpc) is 2.86. The Labute approximate surface area is 102 Å². The summed E-state index contributed by atoms with van der Waals surface area (Å²) in [4.78, 5) is 13.6. The lowest BCUT2D eigenvalue weighted by atomic mass is 10.2. The van der Waals surface area contributed by atoms with Gasteiger partial charge in [0.1, 0.15) is 0 Å². The predicted molar refractivity (Wildman–Crippen MR) is 65.7 cm³/mol. The second-order valence-corrected chi connectivity index (χ2v) is 4.24. The van der Waals surface area contributed by atoms with E-state index in [1.54, 1.807) is 12.0 Å². The topological polar surface area (TPSA) is 41.6 Å². The van der Waals surface area contributed by atoms with E-state index in [2.05, 4.69) is 5.32 Å². The van der Waals surface area contributed by atoms with Crippen LogP contribution in [0.15, 0.2) is 30.3 Å². The van der Waals surface area contributed by atoms with Crippen LogP contribution in [0, 0.1) is 0 Å². The maximum absolute atomic E-state index is 11.8. The lowest BCUT2D eigenvalue weighted by Gasteiger charge is -2.17. The molecule has 17 heavy (non-hydrogen) atoms. The molecule has 92 valence electrons. The largest absolute Gasteiger partial charge is 0.380 e. The van der Waals surface area contributed by atoms with Gasteiger partial charge in [-0.15, -0.1) is 0 Å². The summed E-state index contributed by atoms with van der Waals surface area (Å²) in [7, 11) is 1.69. The molecule has 2 amide bonds. The van der Waals surface area contributed by atoms with Crippen molar-refractivity contribution in [3.63, 3.8) is 0 Å². The first kappa shape index (κ1) is 11.9. The van der Waals surface area contributed by atoms with Crippen LogP contribution in [-0.4, -0.2) is 37.2 Å². The third kappa shape index (κ3) is 3.20. The molecule has 1 saturated heterocycles. The van der Waals surface area contributed by atoms with Gasteiger partial charge in [-0.05, 0) is 12.0 Å². The molecule has 1 N–H and O–H groups in total. The number of benzene rings is 1. The number of carbonyl (C=O) groups excluding carboxylic acids is 1. The van der Waals surface area contributed by atoms with Gasteiger partial charge < -0.3 is 15.0 Å². The van der Waals surface area contributed by atoms with Crippen LogP contribution in [-0.2, 0) is 11.3 Å². The summed E-state index contributed by atoms with van der Waals surface area (Å²) in [5, 5.41) is 2.92. The molecule has 2 rings (SSSR count). The van der Waals surface area contributed by atoms with Crippen LogP contribution in [0.3, 0.4) is 0 Å². The number of methoxy groups -OCH3 is 1. The molecule has 1 heterocycles. The Balaban J connectivity index is 1.78. The van der Waals surface area contributed by atoms with Gasteiger partial charge >= 0.3 is 6.03 Å². The van der Waals surface area contributed by atoms with E-state index in [0.29, 0.717) is 13.1 Å². The molecule has 1 fully saturated rings. The quantitative estimate of drug-likeness (QED) is 0.863.